The second-order valence-corrected chi connectivity index (χ2v) is 7.74. The molecule has 0 radical (unpaired) electrons. The highest BCUT2D eigenvalue weighted by Gasteiger charge is 2.32. The molecular weight excluding hydrogens is 322 g/mol. The van der Waals surface area contributed by atoms with Crippen molar-refractivity contribution in [2.45, 2.75) is 32.1 Å². The van der Waals surface area contributed by atoms with Crippen LogP contribution in [-0.2, 0) is 11.2 Å². The van der Waals surface area contributed by atoms with Gasteiger partial charge in [0.2, 0.25) is 0 Å². The summed E-state index contributed by atoms with van der Waals surface area (Å²) in [5, 5.41) is 9.07. The van der Waals surface area contributed by atoms with Crippen LogP contribution in [0.25, 0.3) is 0 Å². The number of carboxylic acids is 1. The summed E-state index contributed by atoms with van der Waals surface area (Å²) >= 11 is 1.59. The summed E-state index contributed by atoms with van der Waals surface area (Å²) < 4.78 is 0. The molecule has 0 amide bonds. The van der Waals surface area contributed by atoms with Gasteiger partial charge in [0.25, 0.3) is 0 Å². The summed E-state index contributed by atoms with van der Waals surface area (Å²) in [6, 6.07) is 7.63. The number of carboxylic acid groups (broad SMARTS) is 1. The molecule has 1 aromatic heterocycles. The third-order valence-electron chi connectivity index (χ3n) is 4.62. The van der Waals surface area contributed by atoms with E-state index in [1.807, 2.05) is 50.2 Å². The van der Waals surface area contributed by atoms with Gasteiger partial charge in [0, 0.05) is 46.6 Å². The van der Waals surface area contributed by atoms with Crippen LogP contribution in [0.4, 0.5) is 5.69 Å². The topological polar surface area (TPSA) is 57.6 Å². The third-order valence-corrected chi connectivity index (χ3v) is 5.93. The number of nitrogens with zero attached hydrogens (tertiary/aromatic N) is 1. The molecular formula is C19H21NO3S. The predicted molar refractivity (Wildman–Crippen MR) is 96.6 cm³/mol. The highest BCUT2D eigenvalue weighted by molar-refractivity contribution is 7.12. The van der Waals surface area contributed by atoms with Crippen LogP contribution in [0.2, 0.25) is 0 Å². The van der Waals surface area contributed by atoms with Gasteiger partial charge in [-0.1, -0.05) is 0 Å². The fraction of sp³-hybridized carbons (Fsp3) is 0.368. The molecule has 0 saturated carbocycles. The smallest absolute Gasteiger partial charge is 0.303 e. The van der Waals surface area contributed by atoms with Crippen LogP contribution in [-0.4, -0.2) is 31.0 Å². The molecule has 0 saturated heterocycles. The van der Waals surface area contributed by atoms with Crippen molar-refractivity contribution in [3.63, 3.8) is 0 Å². The Hall–Kier alpha value is -2.14. The first kappa shape index (κ1) is 16.7. The van der Waals surface area contributed by atoms with Gasteiger partial charge in [-0.25, -0.2) is 0 Å². The van der Waals surface area contributed by atoms with Crippen molar-refractivity contribution in [3.05, 3.63) is 50.7 Å². The highest BCUT2D eigenvalue weighted by atomic mass is 32.1. The first-order valence-corrected chi connectivity index (χ1v) is 8.86. The molecule has 0 spiro atoms. The number of aryl methyl sites for hydroxylation is 1. The number of fused-ring (bicyclic) bond motifs is 1. The molecule has 126 valence electrons. The van der Waals surface area contributed by atoms with Gasteiger partial charge in [-0.15, -0.1) is 11.3 Å². The maximum atomic E-state index is 13.0. The van der Waals surface area contributed by atoms with Gasteiger partial charge in [-0.3, -0.25) is 9.59 Å². The molecule has 0 fully saturated rings. The van der Waals surface area contributed by atoms with E-state index < -0.39 is 5.97 Å². The minimum Gasteiger partial charge on any atom is -0.481 e. The molecule has 1 aliphatic carbocycles. The average Bonchev–Trinajstić information content (AvgIpc) is 3.05. The Morgan fingerprint density at radius 3 is 2.50 bits per heavy atom. The molecule has 0 aliphatic heterocycles. The molecule has 1 aromatic carbocycles. The summed E-state index contributed by atoms with van der Waals surface area (Å²) in [5.41, 5.74) is 3.61. The molecule has 0 bridgehead atoms. The molecule has 24 heavy (non-hydrogen) atoms. The first-order valence-electron chi connectivity index (χ1n) is 8.04. The number of hydrogen-bond acceptors (Lipinski definition) is 4. The largest absolute Gasteiger partial charge is 0.481 e. The standard InChI is InChI=1S/C19H21NO3S/c1-11-17(15-9-6-13(10-16(21)22)19(15)24-11)18(23)12-4-7-14(8-5-12)20(2)3/h4-5,7-8,13H,6,9-10H2,1-3H3,(H,21,22). The van der Waals surface area contributed by atoms with Crippen LogP contribution < -0.4 is 4.90 Å². The Morgan fingerprint density at radius 2 is 1.92 bits per heavy atom. The number of rotatable bonds is 5. The van der Waals surface area contributed by atoms with E-state index in [2.05, 4.69) is 0 Å². The maximum Gasteiger partial charge on any atom is 0.303 e. The van der Waals surface area contributed by atoms with Crippen molar-refractivity contribution in [1.29, 1.82) is 0 Å². The summed E-state index contributed by atoms with van der Waals surface area (Å²) in [4.78, 5) is 28.1. The van der Waals surface area contributed by atoms with Gasteiger partial charge in [-0.05, 0) is 49.6 Å². The van der Waals surface area contributed by atoms with Crippen molar-refractivity contribution in [3.8, 4) is 0 Å². The van der Waals surface area contributed by atoms with E-state index >= 15 is 0 Å². The van der Waals surface area contributed by atoms with E-state index in [-0.39, 0.29) is 18.1 Å². The summed E-state index contributed by atoms with van der Waals surface area (Å²) in [7, 11) is 3.94. The van der Waals surface area contributed by atoms with Crippen molar-refractivity contribution in [2.75, 3.05) is 19.0 Å². The lowest BCUT2D eigenvalue weighted by atomic mass is 9.98. The molecule has 1 heterocycles. The number of ketones is 1. The van der Waals surface area contributed by atoms with Gasteiger partial charge in [-0.2, -0.15) is 0 Å². The molecule has 1 aliphatic rings. The Kier molecular flexibility index (Phi) is 4.45. The minimum absolute atomic E-state index is 0.0475. The zero-order valence-corrected chi connectivity index (χ0v) is 14.9. The van der Waals surface area contributed by atoms with Gasteiger partial charge < -0.3 is 10.0 Å². The van der Waals surface area contributed by atoms with Crippen molar-refractivity contribution >= 4 is 28.8 Å². The van der Waals surface area contributed by atoms with E-state index in [1.54, 1.807) is 11.3 Å². The van der Waals surface area contributed by atoms with Crippen LogP contribution in [0.3, 0.4) is 0 Å². The first-order chi connectivity index (χ1) is 11.4. The average molecular weight is 343 g/mol. The Balaban J connectivity index is 1.93. The fourth-order valence-corrected chi connectivity index (χ4v) is 4.74. The predicted octanol–water partition coefficient (Wildman–Crippen LogP) is 3.86. The lowest BCUT2D eigenvalue weighted by Crippen LogP contribution is -2.09. The minimum atomic E-state index is -0.772. The maximum absolute atomic E-state index is 13.0. The number of carbonyl (C=O) groups is 2. The van der Waals surface area contributed by atoms with Gasteiger partial charge >= 0.3 is 5.97 Å². The fourth-order valence-electron chi connectivity index (χ4n) is 3.40. The molecule has 4 nitrogen and oxygen atoms in total. The van der Waals surface area contributed by atoms with Crippen LogP contribution in [0, 0.1) is 6.92 Å². The number of anilines is 1. The van der Waals surface area contributed by atoms with Gasteiger partial charge in [0.1, 0.15) is 0 Å². The summed E-state index contributed by atoms with van der Waals surface area (Å²) in [6.45, 7) is 1.96. The summed E-state index contributed by atoms with van der Waals surface area (Å²) in [5.74, 6) is -0.670. The zero-order chi connectivity index (χ0) is 17.4. The van der Waals surface area contributed by atoms with Crippen LogP contribution in [0.5, 0.6) is 0 Å². The second kappa shape index (κ2) is 6.40. The highest BCUT2D eigenvalue weighted by Crippen LogP contribution is 2.44. The van der Waals surface area contributed by atoms with E-state index in [4.69, 9.17) is 5.11 Å². The quantitative estimate of drug-likeness (QED) is 0.838. The van der Waals surface area contributed by atoms with Crippen molar-refractivity contribution in [1.82, 2.24) is 0 Å². The van der Waals surface area contributed by atoms with Gasteiger partial charge in [0.15, 0.2) is 5.78 Å². The molecule has 1 atom stereocenters. The number of aliphatic carboxylic acids is 1. The van der Waals surface area contributed by atoms with Crippen LogP contribution >= 0.6 is 11.3 Å². The van der Waals surface area contributed by atoms with E-state index in [1.165, 1.54) is 0 Å². The zero-order valence-electron chi connectivity index (χ0n) is 14.1. The Labute approximate surface area is 145 Å². The number of thiophene rings is 1. The van der Waals surface area contributed by atoms with E-state index in [0.29, 0.717) is 5.56 Å². The van der Waals surface area contributed by atoms with E-state index in [0.717, 1.165) is 39.4 Å². The molecule has 5 heteroatoms. The monoisotopic (exact) mass is 343 g/mol. The number of carbonyl (C=O) groups excluding carboxylic acids is 1. The molecule has 1 unspecified atom stereocenters. The third kappa shape index (κ3) is 2.96. The Bertz CT molecular complexity index is 790. The van der Waals surface area contributed by atoms with Crippen molar-refractivity contribution in [2.24, 2.45) is 0 Å². The number of benzene rings is 1. The second-order valence-electron chi connectivity index (χ2n) is 6.48. The summed E-state index contributed by atoms with van der Waals surface area (Å²) in [6.07, 6.45) is 1.78. The molecule has 3 rings (SSSR count). The normalized spacial score (nSPS) is 16.0. The van der Waals surface area contributed by atoms with Crippen molar-refractivity contribution < 1.29 is 14.7 Å². The van der Waals surface area contributed by atoms with E-state index in [9.17, 15) is 9.59 Å². The SMILES string of the molecule is Cc1sc2c(c1C(=O)c1ccc(N(C)C)cc1)CCC2CC(=O)O. The van der Waals surface area contributed by atoms with Crippen LogP contribution in [0.1, 0.15) is 50.0 Å². The van der Waals surface area contributed by atoms with Gasteiger partial charge in [0.05, 0.1) is 6.42 Å². The van der Waals surface area contributed by atoms with Crippen LogP contribution in [0.15, 0.2) is 24.3 Å². The molecule has 2 aromatic rings. The number of hydrogen-bond donors (Lipinski definition) is 1. The Morgan fingerprint density at radius 1 is 1.25 bits per heavy atom. The lowest BCUT2D eigenvalue weighted by Gasteiger charge is -2.12. The molecule has 1 N–H and O–H groups in total. The lowest BCUT2D eigenvalue weighted by molar-refractivity contribution is -0.137.